The monoisotopic (exact) mass is 369 g/mol. The van der Waals surface area contributed by atoms with E-state index in [0.717, 1.165) is 17.3 Å². The van der Waals surface area contributed by atoms with E-state index in [4.69, 9.17) is 9.47 Å². The van der Waals surface area contributed by atoms with Gasteiger partial charge in [0.25, 0.3) is 0 Å². The van der Waals surface area contributed by atoms with Crippen molar-refractivity contribution in [2.24, 2.45) is 0 Å². The lowest BCUT2D eigenvalue weighted by Gasteiger charge is -2.08. The van der Waals surface area contributed by atoms with E-state index >= 15 is 0 Å². The maximum atomic E-state index is 12.1. The first-order valence-corrected chi connectivity index (χ1v) is 9.19. The summed E-state index contributed by atoms with van der Waals surface area (Å²) in [6.45, 7) is 4.39. The Morgan fingerprint density at radius 2 is 1.73 bits per heavy atom. The van der Waals surface area contributed by atoms with Crippen LogP contribution in [0, 0.1) is 6.92 Å². The third-order valence-corrected chi connectivity index (χ3v) is 4.40. The maximum Gasteiger partial charge on any atom is 0.321 e. The Hall–Kier alpha value is -2.80. The Balaban J connectivity index is 1.62. The van der Waals surface area contributed by atoms with Crippen LogP contribution in [0.1, 0.15) is 12.7 Å². The Bertz CT molecular complexity index is 863. The smallest absolute Gasteiger partial charge is 0.321 e. The predicted octanol–water partition coefficient (Wildman–Crippen LogP) is 3.67. The summed E-state index contributed by atoms with van der Waals surface area (Å²) in [5.74, 6) is 1.78. The topological polar surface area (TPSA) is 66.2 Å². The van der Waals surface area contributed by atoms with Gasteiger partial charge in [0, 0.05) is 5.69 Å². The van der Waals surface area contributed by atoms with E-state index < -0.39 is 0 Å². The highest BCUT2D eigenvalue weighted by molar-refractivity contribution is 7.99. The average molecular weight is 369 g/mol. The molecule has 0 radical (unpaired) electrons. The standard InChI is InChI=1S/C19H19N3O3S/c1-3-24-16-9-11-17(12-10-16)25-18(23)13-26-19-21-20-14(2)22(19)15-7-5-4-6-8-15/h4-12H,3,13H2,1-2H3. The van der Waals surface area contributed by atoms with Crippen LogP contribution in [0.2, 0.25) is 0 Å². The summed E-state index contributed by atoms with van der Waals surface area (Å²) < 4.78 is 12.6. The molecule has 0 unspecified atom stereocenters. The number of hydrogen-bond acceptors (Lipinski definition) is 6. The zero-order chi connectivity index (χ0) is 18.4. The first-order valence-electron chi connectivity index (χ1n) is 8.21. The van der Waals surface area contributed by atoms with Gasteiger partial charge in [-0.3, -0.25) is 9.36 Å². The van der Waals surface area contributed by atoms with Gasteiger partial charge in [0.1, 0.15) is 17.3 Å². The molecular formula is C19H19N3O3S. The first kappa shape index (κ1) is 18.0. The van der Waals surface area contributed by atoms with E-state index in [0.29, 0.717) is 17.5 Å². The highest BCUT2D eigenvalue weighted by Crippen LogP contribution is 2.23. The number of aryl methyl sites for hydroxylation is 1. The number of thioether (sulfide) groups is 1. The molecule has 0 aliphatic heterocycles. The second kappa shape index (κ2) is 8.53. The fraction of sp³-hybridized carbons (Fsp3) is 0.211. The number of aromatic nitrogens is 3. The molecule has 0 saturated heterocycles. The molecular weight excluding hydrogens is 350 g/mol. The van der Waals surface area contributed by atoms with Crippen LogP contribution in [0.5, 0.6) is 11.5 Å². The summed E-state index contributed by atoms with van der Waals surface area (Å²) in [5, 5.41) is 8.91. The molecule has 2 aromatic carbocycles. The van der Waals surface area contributed by atoms with E-state index in [2.05, 4.69) is 10.2 Å². The number of rotatable bonds is 7. The normalized spacial score (nSPS) is 10.5. The van der Waals surface area contributed by atoms with Crippen LogP contribution < -0.4 is 9.47 Å². The second-order valence-corrected chi connectivity index (χ2v) is 6.31. The summed E-state index contributed by atoms with van der Waals surface area (Å²) in [6, 6.07) is 16.8. The molecule has 3 aromatic rings. The zero-order valence-electron chi connectivity index (χ0n) is 14.6. The van der Waals surface area contributed by atoms with Crippen LogP contribution in [0.15, 0.2) is 59.8 Å². The third-order valence-electron chi connectivity index (χ3n) is 3.50. The minimum Gasteiger partial charge on any atom is -0.494 e. The molecule has 0 aliphatic rings. The lowest BCUT2D eigenvalue weighted by molar-refractivity contribution is -0.131. The molecule has 3 rings (SSSR count). The minimum absolute atomic E-state index is 0.137. The molecule has 1 heterocycles. The quantitative estimate of drug-likeness (QED) is 0.360. The number of carbonyl (C=O) groups excluding carboxylic acids is 1. The van der Waals surface area contributed by atoms with E-state index in [1.54, 1.807) is 24.3 Å². The van der Waals surface area contributed by atoms with Crippen LogP contribution in [-0.4, -0.2) is 33.1 Å². The van der Waals surface area contributed by atoms with Crippen molar-refractivity contribution in [1.82, 2.24) is 14.8 Å². The molecule has 1 aromatic heterocycles. The molecule has 0 N–H and O–H groups in total. The van der Waals surface area contributed by atoms with Gasteiger partial charge in [-0.05, 0) is 50.2 Å². The number of hydrogen-bond donors (Lipinski definition) is 0. The zero-order valence-corrected chi connectivity index (χ0v) is 15.4. The van der Waals surface area contributed by atoms with Gasteiger partial charge >= 0.3 is 5.97 Å². The molecule has 0 bridgehead atoms. The molecule has 6 nitrogen and oxygen atoms in total. The van der Waals surface area contributed by atoms with Crippen LogP contribution in [0.25, 0.3) is 5.69 Å². The highest BCUT2D eigenvalue weighted by atomic mass is 32.2. The molecule has 7 heteroatoms. The van der Waals surface area contributed by atoms with Crippen molar-refractivity contribution in [2.75, 3.05) is 12.4 Å². The Morgan fingerprint density at radius 1 is 1.04 bits per heavy atom. The van der Waals surface area contributed by atoms with Gasteiger partial charge in [-0.15, -0.1) is 10.2 Å². The number of carbonyl (C=O) groups is 1. The minimum atomic E-state index is -0.348. The number of nitrogens with zero attached hydrogens (tertiary/aromatic N) is 3. The van der Waals surface area contributed by atoms with Crippen LogP contribution in [0.3, 0.4) is 0 Å². The molecule has 0 saturated carbocycles. The molecule has 0 fully saturated rings. The van der Waals surface area contributed by atoms with Crippen molar-refractivity contribution in [3.05, 3.63) is 60.4 Å². The summed E-state index contributed by atoms with van der Waals surface area (Å²) >= 11 is 1.29. The molecule has 26 heavy (non-hydrogen) atoms. The van der Waals surface area contributed by atoms with E-state index in [-0.39, 0.29) is 11.7 Å². The number of esters is 1. The second-order valence-electron chi connectivity index (χ2n) is 5.37. The van der Waals surface area contributed by atoms with Gasteiger partial charge in [-0.1, -0.05) is 30.0 Å². The number of ether oxygens (including phenoxy) is 2. The number of benzene rings is 2. The van der Waals surface area contributed by atoms with Crippen molar-refractivity contribution < 1.29 is 14.3 Å². The summed E-state index contributed by atoms with van der Waals surface area (Å²) in [5.41, 5.74) is 0.956. The predicted molar refractivity (Wildman–Crippen MR) is 100 cm³/mol. The Morgan fingerprint density at radius 3 is 2.42 bits per heavy atom. The van der Waals surface area contributed by atoms with Crippen LogP contribution in [0.4, 0.5) is 0 Å². The van der Waals surface area contributed by atoms with Gasteiger partial charge < -0.3 is 9.47 Å². The molecule has 0 atom stereocenters. The van der Waals surface area contributed by atoms with Crippen molar-refractivity contribution in [2.45, 2.75) is 19.0 Å². The molecule has 0 aliphatic carbocycles. The van der Waals surface area contributed by atoms with Crippen LogP contribution >= 0.6 is 11.8 Å². The highest BCUT2D eigenvalue weighted by Gasteiger charge is 2.14. The third kappa shape index (κ3) is 4.43. The summed E-state index contributed by atoms with van der Waals surface area (Å²) in [7, 11) is 0. The van der Waals surface area contributed by atoms with Crippen molar-refractivity contribution in [1.29, 1.82) is 0 Å². The van der Waals surface area contributed by atoms with E-state index in [1.165, 1.54) is 11.8 Å². The van der Waals surface area contributed by atoms with Gasteiger partial charge in [0.2, 0.25) is 0 Å². The van der Waals surface area contributed by atoms with Gasteiger partial charge in [-0.25, -0.2) is 0 Å². The lowest BCUT2D eigenvalue weighted by Crippen LogP contribution is -2.11. The van der Waals surface area contributed by atoms with Crippen molar-refractivity contribution in [3.63, 3.8) is 0 Å². The van der Waals surface area contributed by atoms with Crippen molar-refractivity contribution in [3.8, 4) is 17.2 Å². The van der Waals surface area contributed by atoms with Gasteiger partial charge in [0.15, 0.2) is 5.16 Å². The summed E-state index contributed by atoms with van der Waals surface area (Å²) in [6.07, 6.45) is 0. The van der Waals surface area contributed by atoms with Crippen molar-refractivity contribution >= 4 is 17.7 Å². The fourth-order valence-corrected chi connectivity index (χ4v) is 3.14. The average Bonchev–Trinajstić information content (AvgIpc) is 3.03. The Labute approximate surface area is 156 Å². The summed E-state index contributed by atoms with van der Waals surface area (Å²) in [4.78, 5) is 12.1. The van der Waals surface area contributed by atoms with Gasteiger partial charge in [0.05, 0.1) is 12.4 Å². The Kier molecular flexibility index (Phi) is 5.91. The lowest BCUT2D eigenvalue weighted by atomic mass is 10.3. The first-order chi connectivity index (χ1) is 12.7. The van der Waals surface area contributed by atoms with E-state index in [1.807, 2.05) is 48.7 Å². The largest absolute Gasteiger partial charge is 0.494 e. The maximum absolute atomic E-state index is 12.1. The molecule has 134 valence electrons. The fourth-order valence-electron chi connectivity index (χ4n) is 2.37. The number of para-hydroxylation sites is 1. The van der Waals surface area contributed by atoms with Crippen LogP contribution in [-0.2, 0) is 4.79 Å². The SMILES string of the molecule is CCOc1ccc(OC(=O)CSc2nnc(C)n2-c2ccccc2)cc1. The van der Waals surface area contributed by atoms with E-state index in [9.17, 15) is 4.79 Å². The van der Waals surface area contributed by atoms with Gasteiger partial charge in [-0.2, -0.15) is 0 Å². The molecule has 0 amide bonds. The molecule has 0 spiro atoms.